The molecule has 1 N–H and O–H groups in total. The van der Waals surface area contributed by atoms with Crippen LogP contribution in [0.15, 0.2) is 18.2 Å². The van der Waals surface area contributed by atoms with Crippen molar-refractivity contribution in [2.24, 2.45) is 0 Å². The predicted octanol–water partition coefficient (Wildman–Crippen LogP) is 2.25. The second kappa shape index (κ2) is 4.26. The highest BCUT2D eigenvalue weighted by atomic mass is 28.3. The van der Waals surface area contributed by atoms with Crippen LogP contribution in [0.4, 0.5) is 5.69 Å². The summed E-state index contributed by atoms with van der Waals surface area (Å²) >= 11 is 0. The van der Waals surface area contributed by atoms with Crippen molar-refractivity contribution < 1.29 is 9.53 Å². The molecular weight excluding hydrogens is 230 g/mol. The molecule has 0 saturated carbocycles. The molecule has 0 aliphatic carbocycles. The van der Waals surface area contributed by atoms with Gasteiger partial charge in [-0.25, -0.2) is 0 Å². The van der Waals surface area contributed by atoms with Gasteiger partial charge in [0.15, 0.2) is 6.61 Å². The van der Waals surface area contributed by atoms with E-state index in [2.05, 4.69) is 36.4 Å². The molecule has 1 heterocycles. The standard InChI is InChI=1S/C13H15NO2Si/c1-17(2,3)7-6-10-4-5-12-11(8-10)14-13(15)9-16-12/h4-5,8H,9H2,1-3H3,(H,14,15). The number of hydrogen-bond donors (Lipinski definition) is 1. The largest absolute Gasteiger partial charge is 0.482 e. The van der Waals surface area contributed by atoms with Crippen molar-refractivity contribution in [1.29, 1.82) is 0 Å². The van der Waals surface area contributed by atoms with Gasteiger partial charge in [0.05, 0.1) is 5.69 Å². The molecule has 0 bridgehead atoms. The van der Waals surface area contributed by atoms with Gasteiger partial charge in [0, 0.05) is 5.56 Å². The summed E-state index contributed by atoms with van der Waals surface area (Å²) in [6, 6.07) is 5.63. The number of carbonyl (C=O) groups excluding carboxylic acids is 1. The Morgan fingerprint density at radius 3 is 2.82 bits per heavy atom. The molecule has 0 atom stereocenters. The van der Waals surface area contributed by atoms with Crippen LogP contribution in [0.2, 0.25) is 19.6 Å². The maximum absolute atomic E-state index is 11.2. The molecule has 1 aromatic rings. The number of anilines is 1. The van der Waals surface area contributed by atoms with Crippen LogP contribution < -0.4 is 10.1 Å². The van der Waals surface area contributed by atoms with Crippen molar-refractivity contribution in [2.75, 3.05) is 11.9 Å². The van der Waals surface area contributed by atoms with Crippen LogP contribution in [-0.4, -0.2) is 20.6 Å². The maximum Gasteiger partial charge on any atom is 0.262 e. The number of rotatable bonds is 0. The number of nitrogens with one attached hydrogen (secondary N) is 1. The molecule has 1 aromatic carbocycles. The van der Waals surface area contributed by atoms with Crippen LogP contribution in [0.1, 0.15) is 5.56 Å². The molecule has 17 heavy (non-hydrogen) atoms. The Morgan fingerprint density at radius 2 is 2.12 bits per heavy atom. The highest BCUT2D eigenvalue weighted by Gasteiger charge is 2.15. The lowest BCUT2D eigenvalue weighted by Gasteiger charge is -2.17. The number of ether oxygens (including phenoxy) is 1. The Kier molecular flexibility index (Phi) is 2.95. The summed E-state index contributed by atoms with van der Waals surface area (Å²) in [7, 11) is -1.37. The number of carbonyl (C=O) groups is 1. The zero-order chi connectivity index (χ0) is 12.5. The van der Waals surface area contributed by atoms with E-state index in [0.29, 0.717) is 11.4 Å². The first-order valence-electron chi connectivity index (χ1n) is 5.54. The Balaban J connectivity index is 2.29. The normalized spacial score (nSPS) is 13.9. The first-order valence-corrected chi connectivity index (χ1v) is 9.04. The van der Waals surface area contributed by atoms with Crippen LogP contribution in [-0.2, 0) is 4.79 Å². The van der Waals surface area contributed by atoms with Crippen LogP contribution in [0.25, 0.3) is 0 Å². The third-order valence-electron chi connectivity index (χ3n) is 2.19. The molecule has 1 aliphatic rings. The van der Waals surface area contributed by atoms with Gasteiger partial charge < -0.3 is 10.1 Å². The average Bonchev–Trinajstić information content (AvgIpc) is 2.24. The second-order valence-corrected chi connectivity index (χ2v) is 9.80. The first kappa shape index (κ1) is 11.7. The molecule has 0 fully saturated rings. The van der Waals surface area contributed by atoms with Gasteiger partial charge in [0.25, 0.3) is 5.91 Å². The third-order valence-corrected chi connectivity index (χ3v) is 3.07. The van der Waals surface area contributed by atoms with E-state index < -0.39 is 8.07 Å². The zero-order valence-corrected chi connectivity index (χ0v) is 11.3. The van der Waals surface area contributed by atoms with E-state index in [-0.39, 0.29) is 12.5 Å². The van der Waals surface area contributed by atoms with Crippen molar-refractivity contribution in [3.8, 4) is 17.2 Å². The van der Waals surface area contributed by atoms with Gasteiger partial charge >= 0.3 is 0 Å². The molecule has 0 unspecified atom stereocenters. The number of benzene rings is 1. The fourth-order valence-corrected chi connectivity index (χ4v) is 1.94. The third kappa shape index (κ3) is 3.11. The van der Waals surface area contributed by atoms with Crippen LogP contribution in [0.3, 0.4) is 0 Å². The summed E-state index contributed by atoms with van der Waals surface area (Å²) < 4.78 is 5.28. The summed E-state index contributed by atoms with van der Waals surface area (Å²) in [5, 5.41) is 2.78. The van der Waals surface area contributed by atoms with Gasteiger partial charge in [-0.15, -0.1) is 5.54 Å². The van der Waals surface area contributed by atoms with Crippen molar-refractivity contribution in [3.05, 3.63) is 23.8 Å². The monoisotopic (exact) mass is 245 g/mol. The second-order valence-electron chi connectivity index (χ2n) is 5.05. The highest BCUT2D eigenvalue weighted by molar-refractivity contribution is 6.83. The van der Waals surface area contributed by atoms with E-state index >= 15 is 0 Å². The van der Waals surface area contributed by atoms with Gasteiger partial charge in [-0.1, -0.05) is 25.6 Å². The summed E-state index contributed by atoms with van der Waals surface area (Å²) in [6.45, 7) is 6.68. The van der Waals surface area contributed by atoms with Gasteiger partial charge in [-0.3, -0.25) is 4.79 Å². The summed E-state index contributed by atoms with van der Waals surface area (Å²) in [4.78, 5) is 11.2. The van der Waals surface area contributed by atoms with Crippen LogP contribution >= 0.6 is 0 Å². The molecule has 3 nitrogen and oxygen atoms in total. The smallest absolute Gasteiger partial charge is 0.262 e. The molecule has 4 heteroatoms. The van der Waals surface area contributed by atoms with Crippen molar-refractivity contribution in [1.82, 2.24) is 0 Å². The van der Waals surface area contributed by atoms with E-state index in [4.69, 9.17) is 4.74 Å². The van der Waals surface area contributed by atoms with E-state index in [1.165, 1.54) is 0 Å². The van der Waals surface area contributed by atoms with Crippen LogP contribution in [0.5, 0.6) is 5.75 Å². The summed E-state index contributed by atoms with van der Waals surface area (Å²) in [5.74, 6) is 3.75. The highest BCUT2D eigenvalue weighted by Crippen LogP contribution is 2.28. The predicted molar refractivity (Wildman–Crippen MR) is 70.8 cm³/mol. The minimum Gasteiger partial charge on any atom is -0.482 e. The molecule has 0 spiro atoms. The molecule has 2 rings (SSSR count). The minimum absolute atomic E-state index is 0.0902. The number of amides is 1. The fourth-order valence-electron chi connectivity index (χ4n) is 1.42. The minimum atomic E-state index is -1.37. The molecule has 1 aliphatic heterocycles. The molecule has 0 aromatic heterocycles. The average molecular weight is 245 g/mol. The molecule has 0 saturated heterocycles. The Hall–Kier alpha value is -1.73. The first-order chi connectivity index (χ1) is 7.94. The molecule has 88 valence electrons. The van der Waals surface area contributed by atoms with E-state index in [9.17, 15) is 4.79 Å². The van der Waals surface area contributed by atoms with Gasteiger partial charge in [0.1, 0.15) is 13.8 Å². The van der Waals surface area contributed by atoms with E-state index in [0.717, 1.165) is 5.56 Å². The van der Waals surface area contributed by atoms with E-state index in [1.807, 2.05) is 18.2 Å². The Labute approximate surface area is 102 Å². The van der Waals surface area contributed by atoms with E-state index in [1.54, 1.807) is 0 Å². The maximum atomic E-state index is 11.2. The topological polar surface area (TPSA) is 38.3 Å². The van der Waals surface area contributed by atoms with Crippen molar-refractivity contribution >= 4 is 19.7 Å². The quantitative estimate of drug-likeness (QED) is 0.562. The number of hydrogen-bond acceptors (Lipinski definition) is 2. The molecule has 1 amide bonds. The summed E-state index contributed by atoms with van der Waals surface area (Å²) in [6.07, 6.45) is 0. The Bertz CT molecular complexity index is 520. The summed E-state index contributed by atoms with van der Waals surface area (Å²) in [5.41, 5.74) is 4.92. The van der Waals surface area contributed by atoms with Gasteiger partial charge in [-0.2, -0.15) is 0 Å². The van der Waals surface area contributed by atoms with Crippen molar-refractivity contribution in [3.63, 3.8) is 0 Å². The lowest BCUT2D eigenvalue weighted by Crippen LogP contribution is -2.25. The van der Waals surface area contributed by atoms with Crippen LogP contribution in [0, 0.1) is 11.5 Å². The number of fused-ring (bicyclic) bond motifs is 1. The lowest BCUT2D eigenvalue weighted by atomic mass is 10.2. The van der Waals surface area contributed by atoms with Gasteiger partial charge in [-0.05, 0) is 18.2 Å². The van der Waals surface area contributed by atoms with Gasteiger partial charge in [0.2, 0.25) is 0 Å². The SMILES string of the molecule is C[Si](C)(C)C#Cc1ccc2c(c1)NC(=O)CO2. The fraction of sp³-hybridized carbons (Fsp3) is 0.308. The molecule has 0 radical (unpaired) electrons. The Morgan fingerprint density at radius 1 is 1.35 bits per heavy atom. The van der Waals surface area contributed by atoms with Crippen molar-refractivity contribution in [2.45, 2.75) is 19.6 Å². The molecular formula is C13H15NO2Si. The lowest BCUT2D eigenvalue weighted by molar-refractivity contribution is -0.118. The zero-order valence-electron chi connectivity index (χ0n) is 10.3.